The molecule has 0 aliphatic carbocycles. The van der Waals surface area contributed by atoms with Crippen molar-refractivity contribution in [1.82, 2.24) is 52.8 Å². The van der Waals surface area contributed by atoms with Gasteiger partial charge in [-0.3, -0.25) is 33.6 Å². The topological polar surface area (TPSA) is 363 Å². The Hall–Kier alpha value is -4.81. The van der Waals surface area contributed by atoms with Crippen LogP contribution in [0.1, 0.15) is 86.0 Å². The van der Waals surface area contributed by atoms with Gasteiger partial charge in [0, 0.05) is 13.1 Å². The molecule has 23 nitrogen and oxygen atoms in total. The van der Waals surface area contributed by atoms with Crippen molar-refractivity contribution in [2.75, 3.05) is 45.8 Å². The van der Waals surface area contributed by atoms with Gasteiger partial charge in [0.15, 0.2) is 0 Å². The maximum absolute atomic E-state index is 14.4. The maximum Gasteiger partial charge on any atom is 0.325 e. The van der Waals surface area contributed by atoms with Gasteiger partial charge in [-0.25, -0.2) is 9.69 Å². The van der Waals surface area contributed by atoms with E-state index in [1.165, 1.54) is 6.92 Å². The number of hydrogen-bond donors (Lipinski definition) is 13. The van der Waals surface area contributed by atoms with Crippen LogP contribution in [-0.2, 0) is 38.4 Å². The summed E-state index contributed by atoms with van der Waals surface area (Å²) in [7, 11) is 0. The van der Waals surface area contributed by atoms with E-state index < -0.39 is 101 Å². The molecule has 3 aliphatic heterocycles. The van der Waals surface area contributed by atoms with Gasteiger partial charge in [-0.05, 0) is 103 Å². The average molecular weight is 894 g/mol. The van der Waals surface area contributed by atoms with Gasteiger partial charge in [0.2, 0.25) is 35.4 Å². The van der Waals surface area contributed by atoms with Crippen LogP contribution in [0.4, 0.5) is 4.79 Å². The van der Waals surface area contributed by atoms with E-state index in [1.54, 1.807) is 0 Å². The first-order valence-corrected chi connectivity index (χ1v) is 21.9. The molecule has 9 amide bonds. The largest absolute Gasteiger partial charge is 0.391 e. The standard InChI is InChI=1S/C40H71N13O10/c1-22(2)18-28-33(58)48-25(6-12-41)31(56)47-26(7-13-42)32(57)50-30(24(5)55)36(61)45-15-9-29(53-37(62)40(52-38(53)63)10-16-44-17-11-40)35(60)49-27(8-14-43)34(59)51-39(21-54,20-46-28)19-23(3)4/h21-30,44,46,55H,6-20,41-43H2,1-5H3,(H,45,61)(H,47,56)(H,48,58)(H,49,60)(H,50,57)(H,51,59)(H,52,63)/t24-,25+,26+,27+,28+,29+,30+,39+/m1/s1. The summed E-state index contributed by atoms with van der Waals surface area (Å²) in [4.78, 5) is 125. The molecule has 63 heavy (non-hydrogen) atoms. The maximum atomic E-state index is 14.4. The zero-order valence-electron chi connectivity index (χ0n) is 37.2. The van der Waals surface area contributed by atoms with Gasteiger partial charge >= 0.3 is 6.03 Å². The van der Waals surface area contributed by atoms with E-state index in [0.717, 1.165) is 4.90 Å². The number of piperidine rings is 1. The highest BCUT2D eigenvalue weighted by molar-refractivity contribution is 6.10. The van der Waals surface area contributed by atoms with Crippen LogP contribution >= 0.6 is 0 Å². The summed E-state index contributed by atoms with van der Waals surface area (Å²) in [6, 6.07) is -9.00. The third-order valence-corrected chi connectivity index (χ3v) is 11.4. The number of imide groups is 1. The molecule has 3 saturated heterocycles. The van der Waals surface area contributed by atoms with Crippen molar-refractivity contribution < 1.29 is 48.3 Å². The number of aliphatic hydroxyl groups excluding tert-OH is 1. The molecule has 3 aliphatic rings. The van der Waals surface area contributed by atoms with Crippen molar-refractivity contribution in [3.05, 3.63) is 0 Å². The molecule has 0 saturated carbocycles. The molecule has 3 rings (SSSR count). The summed E-state index contributed by atoms with van der Waals surface area (Å²) in [6.07, 6.45) is -0.788. The predicted octanol–water partition coefficient (Wildman–Crippen LogP) is -4.98. The summed E-state index contributed by atoms with van der Waals surface area (Å²) in [5.41, 5.74) is 14.6. The summed E-state index contributed by atoms with van der Waals surface area (Å²) in [5, 5.41) is 35.3. The van der Waals surface area contributed by atoms with E-state index in [1.807, 2.05) is 27.7 Å². The van der Waals surface area contributed by atoms with Crippen LogP contribution in [0, 0.1) is 11.8 Å². The molecule has 356 valence electrons. The van der Waals surface area contributed by atoms with E-state index in [4.69, 9.17) is 17.2 Å². The Bertz CT molecular complexity index is 1640. The lowest BCUT2D eigenvalue weighted by molar-refractivity contribution is -0.140. The highest BCUT2D eigenvalue weighted by Crippen LogP contribution is 2.29. The number of amides is 9. The molecule has 3 fully saturated rings. The van der Waals surface area contributed by atoms with Crippen LogP contribution in [0.15, 0.2) is 0 Å². The highest BCUT2D eigenvalue weighted by Gasteiger charge is 2.55. The van der Waals surface area contributed by atoms with Gasteiger partial charge in [-0.1, -0.05) is 27.7 Å². The third kappa shape index (κ3) is 14.3. The zero-order chi connectivity index (χ0) is 47.1. The van der Waals surface area contributed by atoms with Crippen molar-refractivity contribution in [3.8, 4) is 0 Å². The molecule has 8 atom stereocenters. The lowest BCUT2D eigenvalue weighted by Crippen LogP contribution is -2.64. The van der Waals surface area contributed by atoms with Gasteiger partial charge in [-0.2, -0.15) is 0 Å². The Labute approximate surface area is 368 Å². The van der Waals surface area contributed by atoms with Crippen molar-refractivity contribution in [2.24, 2.45) is 29.0 Å². The minimum absolute atomic E-state index is 0.0380. The van der Waals surface area contributed by atoms with Gasteiger partial charge in [0.25, 0.3) is 5.91 Å². The average Bonchev–Trinajstić information content (AvgIpc) is 3.44. The fraction of sp³-hybridized carbons (Fsp3) is 0.775. The number of nitrogens with one attached hydrogen (secondary N) is 9. The van der Waals surface area contributed by atoms with Crippen molar-refractivity contribution in [3.63, 3.8) is 0 Å². The van der Waals surface area contributed by atoms with Crippen LogP contribution in [0.2, 0.25) is 0 Å². The van der Waals surface area contributed by atoms with Crippen LogP contribution in [-0.4, -0.2) is 163 Å². The SMILES string of the molecule is CC(C)C[C@@H]1NC[C@](C=O)(CC(C)C)NC(=O)[C@H](CCN)NC(=O)[C@@H](N2C(=O)NC3(CCNCC3)C2=O)CCNC(=O)[C@H]([C@@H](C)O)NC(=O)[C@H](CCN)NC(=O)[C@H](CCN)NC1=O. The van der Waals surface area contributed by atoms with E-state index >= 15 is 0 Å². The van der Waals surface area contributed by atoms with E-state index in [0.29, 0.717) is 19.4 Å². The molecule has 1 spiro atoms. The van der Waals surface area contributed by atoms with E-state index in [9.17, 15) is 48.3 Å². The normalized spacial score (nSPS) is 29.3. The zero-order valence-corrected chi connectivity index (χ0v) is 37.2. The minimum atomic E-state index is -1.64. The van der Waals surface area contributed by atoms with Crippen LogP contribution in [0.25, 0.3) is 0 Å². The summed E-state index contributed by atoms with van der Waals surface area (Å²) < 4.78 is 0. The number of carbonyl (C=O) groups excluding carboxylic acids is 9. The second-order valence-electron chi connectivity index (χ2n) is 17.6. The number of carbonyl (C=O) groups is 9. The Morgan fingerprint density at radius 3 is 1.71 bits per heavy atom. The first-order chi connectivity index (χ1) is 29.8. The fourth-order valence-electron chi connectivity index (χ4n) is 8.12. The van der Waals surface area contributed by atoms with Gasteiger partial charge < -0.3 is 75.0 Å². The molecule has 0 unspecified atom stereocenters. The Kier molecular flexibility index (Phi) is 20.3. The van der Waals surface area contributed by atoms with Crippen molar-refractivity contribution >= 4 is 53.7 Å². The quantitative estimate of drug-likeness (QED) is 0.0608. The van der Waals surface area contributed by atoms with E-state index in [-0.39, 0.29) is 95.9 Å². The molecule has 0 bridgehead atoms. The second-order valence-corrected chi connectivity index (χ2v) is 17.6. The smallest absolute Gasteiger partial charge is 0.325 e. The predicted molar refractivity (Wildman–Crippen MR) is 230 cm³/mol. The number of urea groups is 1. The minimum Gasteiger partial charge on any atom is -0.391 e. The number of rotatable bonds is 13. The number of aliphatic hydroxyl groups is 1. The highest BCUT2D eigenvalue weighted by atomic mass is 16.3. The van der Waals surface area contributed by atoms with Crippen molar-refractivity contribution in [2.45, 2.75) is 139 Å². The monoisotopic (exact) mass is 894 g/mol. The van der Waals surface area contributed by atoms with Crippen LogP contribution in [0.3, 0.4) is 0 Å². The first kappa shape index (κ1) is 52.5. The third-order valence-electron chi connectivity index (χ3n) is 11.4. The summed E-state index contributed by atoms with van der Waals surface area (Å²) in [6.45, 7) is 8.59. The molecule has 3 heterocycles. The molecule has 0 radical (unpaired) electrons. The molecule has 0 aromatic heterocycles. The Morgan fingerprint density at radius 2 is 1.21 bits per heavy atom. The van der Waals surface area contributed by atoms with Gasteiger partial charge in [0.05, 0.1) is 12.1 Å². The Balaban J connectivity index is 2.14. The molecular weight excluding hydrogens is 823 g/mol. The lowest BCUT2D eigenvalue weighted by atomic mass is 9.88. The Morgan fingerprint density at radius 1 is 0.683 bits per heavy atom. The van der Waals surface area contributed by atoms with E-state index in [2.05, 4.69) is 47.9 Å². The fourth-order valence-corrected chi connectivity index (χ4v) is 8.12. The van der Waals surface area contributed by atoms with Crippen LogP contribution < -0.4 is 65.1 Å². The lowest BCUT2D eigenvalue weighted by Gasteiger charge is -2.35. The van der Waals surface area contributed by atoms with Gasteiger partial charge in [0.1, 0.15) is 47.6 Å². The van der Waals surface area contributed by atoms with Gasteiger partial charge in [-0.15, -0.1) is 0 Å². The molecular formula is C40H71N13O10. The summed E-state index contributed by atoms with van der Waals surface area (Å²) in [5.74, 6) is -5.88. The van der Waals surface area contributed by atoms with Crippen molar-refractivity contribution in [1.29, 1.82) is 0 Å². The molecule has 16 N–H and O–H groups in total. The molecule has 23 heteroatoms. The second kappa shape index (κ2) is 24.3. The molecule has 0 aromatic carbocycles. The molecule has 0 aromatic rings. The number of hydrogen-bond acceptors (Lipinski definition) is 15. The number of aldehydes is 1. The number of nitrogens with two attached hydrogens (primary N) is 3. The number of nitrogens with zero attached hydrogens (tertiary/aromatic N) is 1. The first-order valence-electron chi connectivity index (χ1n) is 21.9. The summed E-state index contributed by atoms with van der Waals surface area (Å²) >= 11 is 0. The van der Waals surface area contributed by atoms with Crippen LogP contribution in [0.5, 0.6) is 0 Å².